The normalized spacial score (nSPS) is 15.9. The van der Waals surface area contributed by atoms with Crippen molar-refractivity contribution in [3.8, 4) is 41.2 Å². The summed E-state index contributed by atoms with van der Waals surface area (Å²) in [4.78, 5) is 76.2. The van der Waals surface area contributed by atoms with Crippen molar-refractivity contribution >= 4 is 47.6 Å². The fourth-order valence-corrected chi connectivity index (χ4v) is 8.12. The van der Waals surface area contributed by atoms with E-state index < -0.39 is 75.5 Å². The second-order valence-electron chi connectivity index (χ2n) is 18.4. The molecular weight excluding hydrogens is 1070 g/mol. The minimum Gasteiger partial charge on any atom is -0.489 e. The number of benzene rings is 3. The zero-order valence-corrected chi connectivity index (χ0v) is 44.9. The van der Waals surface area contributed by atoms with Crippen molar-refractivity contribution in [3.63, 3.8) is 0 Å². The maximum Gasteiger partial charge on any atom is 0.432 e. The average molecular weight is 1120 g/mol. The van der Waals surface area contributed by atoms with Crippen molar-refractivity contribution in [2.75, 3.05) is 37.8 Å². The third-order valence-corrected chi connectivity index (χ3v) is 11.9. The van der Waals surface area contributed by atoms with Gasteiger partial charge in [-0.2, -0.15) is 29.0 Å². The van der Waals surface area contributed by atoms with Crippen molar-refractivity contribution < 1.29 is 79.8 Å². The third kappa shape index (κ3) is 16.3. The number of esters is 6. The lowest BCUT2D eigenvalue weighted by Gasteiger charge is -2.34. The van der Waals surface area contributed by atoms with Crippen LogP contribution in [0.1, 0.15) is 66.8 Å². The van der Waals surface area contributed by atoms with E-state index >= 15 is 0 Å². The van der Waals surface area contributed by atoms with E-state index in [2.05, 4.69) is 26.3 Å². The number of nitriles is 3. The number of alkyl halides is 3. The molecule has 422 valence electrons. The maximum atomic E-state index is 14.7. The fourth-order valence-electron chi connectivity index (χ4n) is 8.12. The summed E-state index contributed by atoms with van der Waals surface area (Å²) in [6.07, 6.45) is 6.61. The minimum absolute atomic E-state index is 0.0643. The number of rotatable bonds is 23. The maximum absolute atomic E-state index is 14.7. The van der Waals surface area contributed by atoms with Crippen LogP contribution in [-0.4, -0.2) is 80.5 Å². The first-order valence-electron chi connectivity index (χ1n) is 24.7. The van der Waals surface area contributed by atoms with Gasteiger partial charge in [0.2, 0.25) is 5.60 Å². The topological polar surface area (TPSA) is 251 Å². The summed E-state index contributed by atoms with van der Waals surface area (Å²) in [6, 6.07) is 19.2. The van der Waals surface area contributed by atoms with Crippen LogP contribution < -0.4 is 23.8 Å². The van der Waals surface area contributed by atoms with E-state index in [4.69, 9.17) is 37.9 Å². The number of hydrogen-bond donors (Lipinski definition) is 0. The smallest absolute Gasteiger partial charge is 0.432 e. The average Bonchev–Trinajstić information content (AvgIpc) is 3.95. The van der Waals surface area contributed by atoms with E-state index in [1.807, 2.05) is 56.0 Å². The summed E-state index contributed by atoms with van der Waals surface area (Å²) < 4.78 is 87.3. The molecule has 3 aromatic carbocycles. The van der Waals surface area contributed by atoms with Crippen LogP contribution in [-0.2, 0) is 38.1 Å². The van der Waals surface area contributed by atoms with Gasteiger partial charge in [0.15, 0.2) is 11.3 Å². The standard InChI is InChI=1S/C61H53F3N4O14/c1-9-51(69)78-45-27-41(28-46(31-45)79-52(70)10-2)57(73)76-24-23-68(13-5)44-21-18-38(19-22-44)17-20-40-34-59(6,7)33-39(15-14-16-50-49(37-67)56(43(35-65)36-66)82-60(50,8)61(62,63)64)55(40)75-25-26-77-58(74)42-29-47(80-53(71)11-3)32-48(30-42)81-54(72)12-4/h9-12,14-22,27-32H,1-4,13,23-26,33-34H2,5-8H3/b16-14+,20-17+,39-15+. The second-order valence-corrected chi connectivity index (χ2v) is 18.4. The molecule has 0 spiro atoms. The number of ether oxygens (including phenoxy) is 8. The van der Waals surface area contributed by atoms with Gasteiger partial charge in [0.25, 0.3) is 0 Å². The molecule has 1 aliphatic heterocycles. The van der Waals surface area contributed by atoms with Gasteiger partial charge in [0.05, 0.1) is 17.7 Å². The zero-order chi connectivity index (χ0) is 60.4. The highest BCUT2D eigenvalue weighted by atomic mass is 19.4. The van der Waals surface area contributed by atoms with Crippen molar-refractivity contribution in [2.24, 2.45) is 5.41 Å². The van der Waals surface area contributed by atoms with E-state index in [0.717, 1.165) is 41.6 Å². The van der Waals surface area contributed by atoms with E-state index in [0.29, 0.717) is 37.5 Å². The van der Waals surface area contributed by atoms with Crippen LogP contribution in [0.3, 0.4) is 0 Å². The number of carbonyl (C=O) groups excluding carboxylic acids is 6. The van der Waals surface area contributed by atoms with Crippen LogP contribution in [0.4, 0.5) is 18.9 Å². The molecular formula is C61H53F3N4O14. The molecule has 2 aliphatic rings. The first-order valence-corrected chi connectivity index (χ1v) is 24.7. The molecule has 1 aliphatic carbocycles. The molecule has 0 saturated heterocycles. The summed E-state index contributed by atoms with van der Waals surface area (Å²) >= 11 is 0. The van der Waals surface area contributed by atoms with Gasteiger partial charge in [-0.05, 0) is 85.2 Å². The Balaban J connectivity index is 1.45. The highest BCUT2D eigenvalue weighted by molar-refractivity contribution is 5.93. The Bertz CT molecular complexity index is 3320. The molecule has 18 nitrogen and oxygen atoms in total. The number of likely N-dealkylation sites (N-methyl/N-ethyl adjacent to an activating group) is 1. The Kier molecular flexibility index (Phi) is 21.2. The lowest BCUT2D eigenvalue weighted by molar-refractivity contribution is -0.236. The molecule has 0 N–H and O–H groups in total. The van der Waals surface area contributed by atoms with Gasteiger partial charge in [-0.1, -0.05) is 82.7 Å². The van der Waals surface area contributed by atoms with Crippen LogP contribution in [0.15, 0.2) is 175 Å². The summed E-state index contributed by atoms with van der Waals surface area (Å²) in [5, 5.41) is 29.0. The first-order chi connectivity index (χ1) is 38.9. The molecule has 3 aromatic rings. The van der Waals surface area contributed by atoms with Gasteiger partial charge in [-0.3, -0.25) is 0 Å². The van der Waals surface area contributed by atoms with Crippen molar-refractivity contribution in [1.82, 2.24) is 0 Å². The van der Waals surface area contributed by atoms with Crippen LogP contribution in [0.2, 0.25) is 0 Å². The van der Waals surface area contributed by atoms with Crippen LogP contribution >= 0.6 is 0 Å². The molecule has 1 atom stereocenters. The molecule has 0 fully saturated rings. The van der Waals surface area contributed by atoms with Gasteiger partial charge < -0.3 is 42.8 Å². The number of halogens is 3. The Labute approximate surface area is 470 Å². The molecule has 0 bridgehead atoms. The third-order valence-electron chi connectivity index (χ3n) is 11.9. The van der Waals surface area contributed by atoms with E-state index in [9.17, 15) is 57.7 Å². The zero-order valence-electron chi connectivity index (χ0n) is 44.9. The lowest BCUT2D eigenvalue weighted by atomic mass is 9.74. The molecule has 0 aromatic heterocycles. The number of hydrogen-bond acceptors (Lipinski definition) is 18. The highest BCUT2D eigenvalue weighted by Gasteiger charge is 2.60. The number of anilines is 1. The Hall–Kier alpha value is -10.5. The summed E-state index contributed by atoms with van der Waals surface area (Å²) in [6.45, 7) is 19.9. The molecule has 5 rings (SSSR count). The van der Waals surface area contributed by atoms with Gasteiger partial charge in [-0.15, -0.1) is 0 Å². The molecule has 0 saturated carbocycles. The molecule has 1 heterocycles. The highest BCUT2D eigenvalue weighted by Crippen LogP contribution is 2.50. The predicted molar refractivity (Wildman–Crippen MR) is 290 cm³/mol. The Morgan fingerprint density at radius 1 is 0.683 bits per heavy atom. The Morgan fingerprint density at radius 2 is 1.17 bits per heavy atom. The van der Waals surface area contributed by atoms with E-state index in [1.165, 1.54) is 60.7 Å². The second kappa shape index (κ2) is 27.9. The van der Waals surface area contributed by atoms with Gasteiger partial charge in [0.1, 0.15) is 72.4 Å². The molecule has 82 heavy (non-hydrogen) atoms. The predicted octanol–water partition coefficient (Wildman–Crippen LogP) is 10.7. The Morgan fingerprint density at radius 3 is 1.61 bits per heavy atom. The summed E-state index contributed by atoms with van der Waals surface area (Å²) in [5.74, 6) is -6.15. The van der Waals surface area contributed by atoms with Gasteiger partial charge in [-0.25, -0.2) is 28.8 Å². The SMILES string of the molecule is C=CC(=O)Oc1cc(OC(=O)C=C)cc(C(=O)OCCOC2=C(/C=C/c3ccc(N(CC)CCOC(=O)c4cc(OC(=O)C=C)cc(OC(=O)C=C)c4)cc3)CC(C)(C)C/C2=C\C=C\C2=C(C#N)C(=C(C#N)C#N)OC2(C)C(F)(F)F)c1. The van der Waals surface area contributed by atoms with Crippen molar-refractivity contribution in [1.29, 1.82) is 15.8 Å². The number of nitrogens with zero attached hydrogens (tertiary/aromatic N) is 4. The molecule has 0 radical (unpaired) electrons. The van der Waals surface area contributed by atoms with Gasteiger partial charge in [0, 0.05) is 54.2 Å². The quantitative estimate of drug-likeness (QED) is 0.0281. The first kappa shape index (κ1) is 62.4. The van der Waals surface area contributed by atoms with Crippen molar-refractivity contribution in [3.05, 3.63) is 192 Å². The van der Waals surface area contributed by atoms with E-state index in [-0.39, 0.29) is 66.2 Å². The molecule has 0 amide bonds. The van der Waals surface area contributed by atoms with Crippen LogP contribution in [0.5, 0.6) is 23.0 Å². The number of allylic oxidation sites excluding steroid dienone is 7. The largest absolute Gasteiger partial charge is 0.489 e. The van der Waals surface area contributed by atoms with Crippen molar-refractivity contribution in [2.45, 2.75) is 52.3 Å². The van der Waals surface area contributed by atoms with Gasteiger partial charge >= 0.3 is 42.0 Å². The van der Waals surface area contributed by atoms with Crippen LogP contribution in [0.25, 0.3) is 6.08 Å². The van der Waals surface area contributed by atoms with Crippen LogP contribution in [0, 0.1) is 39.4 Å². The monoisotopic (exact) mass is 1120 g/mol. The number of carbonyl (C=O) groups is 6. The lowest BCUT2D eigenvalue weighted by Crippen LogP contribution is -2.43. The fraction of sp³-hybridized carbons (Fsp3) is 0.230. The molecule has 21 heteroatoms. The van der Waals surface area contributed by atoms with E-state index in [1.54, 1.807) is 12.1 Å². The molecule has 1 unspecified atom stereocenters. The minimum atomic E-state index is -5.11. The summed E-state index contributed by atoms with van der Waals surface area (Å²) in [5.41, 5.74) is -3.36. The summed E-state index contributed by atoms with van der Waals surface area (Å²) in [7, 11) is 0.